The molecule has 0 spiro atoms. The van der Waals surface area contributed by atoms with Crippen molar-refractivity contribution in [2.24, 2.45) is 0 Å². The molecule has 10 heteroatoms. The molecule has 1 aliphatic carbocycles. The molecule has 2 aromatic rings. The summed E-state index contributed by atoms with van der Waals surface area (Å²) in [5.41, 5.74) is 0.452. The smallest absolute Gasteiger partial charge is 0.321 e. The summed E-state index contributed by atoms with van der Waals surface area (Å²) in [6.07, 6.45) is 5.27. The zero-order valence-electron chi connectivity index (χ0n) is 14.0. The number of nitrogens with one attached hydrogen (secondary N) is 2. The summed E-state index contributed by atoms with van der Waals surface area (Å²) < 4.78 is 14.7. The maximum atomic E-state index is 13.3. The van der Waals surface area contributed by atoms with Crippen LogP contribution in [0.5, 0.6) is 0 Å². The van der Waals surface area contributed by atoms with Gasteiger partial charge in [0.1, 0.15) is 5.82 Å². The molecule has 138 valence electrons. The van der Waals surface area contributed by atoms with Gasteiger partial charge in [0.15, 0.2) is 0 Å². The van der Waals surface area contributed by atoms with Crippen molar-refractivity contribution < 1.29 is 14.0 Å². The normalized spacial score (nSPS) is 14.8. The van der Waals surface area contributed by atoms with Crippen LogP contribution in [0.3, 0.4) is 0 Å². The molecule has 0 aliphatic heterocycles. The van der Waals surface area contributed by atoms with E-state index >= 15 is 0 Å². The Balaban J connectivity index is 1.50. The highest BCUT2D eigenvalue weighted by atomic mass is 32.2. The van der Waals surface area contributed by atoms with Crippen LogP contribution >= 0.6 is 11.8 Å². The molecule has 0 unspecified atom stereocenters. The lowest BCUT2D eigenvalue weighted by atomic mass is 9.96. The number of imide groups is 1. The summed E-state index contributed by atoms with van der Waals surface area (Å²) in [5.74, 6) is -0.892. The van der Waals surface area contributed by atoms with Crippen molar-refractivity contribution in [1.82, 2.24) is 30.8 Å². The number of amides is 3. The molecular weight excluding hydrogens is 359 g/mol. The van der Waals surface area contributed by atoms with Crippen molar-refractivity contribution in [3.8, 4) is 5.69 Å². The van der Waals surface area contributed by atoms with Crippen LogP contribution in [-0.4, -0.2) is 43.9 Å². The van der Waals surface area contributed by atoms with Gasteiger partial charge >= 0.3 is 6.03 Å². The summed E-state index contributed by atoms with van der Waals surface area (Å²) in [4.78, 5) is 23.8. The fraction of sp³-hybridized carbons (Fsp3) is 0.438. The van der Waals surface area contributed by atoms with Gasteiger partial charge in [0.05, 0.1) is 11.4 Å². The van der Waals surface area contributed by atoms with Crippen LogP contribution in [-0.2, 0) is 4.79 Å². The van der Waals surface area contributed by atoms with Gasteiger partial charge in [-0.3, -0.25) is 10.1 Å². The summed E-state index contributed by atoms with van der Waals surface area (Å²) >= 11 is 1.06. The van der Waals surface area contributed by atoms with Crippen molar-refractivity contribution in [3.63, 3.8) is 0 Å². The summed E-state index contributed by atoms with van der Waals surface area (Å²) in [5, 5.41) is 16.6. The van der Waals surface area contributed by atoms with Gasteiger partial charge in [0.25, 0.3) is 0 Å². The lowest BCUT2D eigenvalue weighted by Gasteiger charge is -2.22. The number of urea groups is 1. The minimum atomic E-state index is -0.479. The van der Waals surface area contributed by atoms with Crippen molar-refractivity contribution in [3.05, 3.63) is 30.1 Å². The second kappa shape index (κ2) is 8.75. The zero-order valence-corrected chi connectivity index (χ0v) is 14.8. The molecule has 0 radical (unpaired) electrons. The van der Waals surface area contributed by atoms with Crippen LogP contribution < -0.4 is 10.6 Å². The summed E-state index contributed by atoms with van der Waals surface area (Å²) in [6.45, 7) is 0. The molecule has 1 aliphatic rings. The lowest BCUT2D eigenvalue weighted by molar-refractivity contribution is -0.117. The minimum absolute atomic E-state index is 0.0340. The second-order valence-corrected chi connectivity index (χ2v) is 6.94. The Morgan fingerprint density at radius 1 is 1.27 bits per heavy atom. The first-order chi connectivity index (χ1) is 12.6. The number of nitrogens with zero attached hydrogens (tertiary/aromatic N) is 4. The number of hydrogen-bond donors (Lipinski definition) is 2. The van der Waals surface area contributed by atoms with Crippen molar-refractivity contribution in [2.75, 3.05) is 5.75 Å². The van der Waals surface area contributed by atoms with Crippen molar-refractivity contribution >= 4 is 23.7 Å². The van der Waals surface area contributed by atoms with E-state index < -0.39 is 17.8 Å². The largest absolute Gasteiger partial charge is 0.335 e. The predicted molar refractivity (Wildman–Crippen MR) is 93.4 cm³/mol. The molecule has 1 fully saturated rings. The van der Waals surface area contributed by atoms with Gasteiger partial charge in [-0.15, -0.1) is 5.10 Å². The number of benzene rings is 1. The lowest BCUT2D eigenvalue weighted by Crippen LogP contribution is -2.45. The van der Waals surface area contributed by atoms with Gasteiger partial charge in [-0.05, 0) is 41.5 Å². The summed E-state index contributed by atoms with van der Waals surface area (Å²) in [6, 6.07) is 5.46. The van der Waals surface area contributed by atoms with Crippen LogP contribution in [0.1, 0.15) is 32.1 Å². The maximum Gasteiger partial charge on any atom is 0.321 e. The van der Waals surface area contributed by atoms with E-state index in [0.29, 0.717) is 10.8 Å². The van der Waals surface area contributed by atoms with E-state index in [1.807, 2.05) is 0 Å². The Morgan fingerprint density at radius 2 is 2.08 bits per heavy atom. The molecule has 0 bridgehead atoms. The van der Waals surface area contributed by atoms with E-state index in [2.05, 4.69) is 26.2 Å². The number of aromatic nitrogens is 4. The molecule has 1 saturated carbocycles. The van der Waals surface area contributed by atoms with Gasteiger partial charge in [-0.1, -0.05) is 37.1 Å². The Morgan fingerprint density at radius 3 is 2.85 bits per heavy atom. The van der Waals surface area contributed by atoms with Crippen molar-refractivity contribution in [1.29, 1.82) is 0 Å². The third kappa shape index (κ3) is 5.01. The number of halogens is 1. The fourth-order valence-electron chi connectivity index (χ4n) is 2.80. The first-order valence-electron chi connectivity index (χ1n) is 8.39. The Bertz CT molecular complexity index is 778. The van der Waals surface area contributed by atoms with E-state index in [4.69, 9.17) is 0 Å². The van der Waals surface area contributed by atoms with Gasteiger partial charge in [0.2, 0.25) is 11.1 Å². The third-order valence-electron chi connectivity index (χ3n) is 4.02. The monoisotopic (exact) mass is 378 g/mol. The standard InChI is InChI=1S/C16H19FN6O2S/c17-11-5-4-8-13(9-11)23-16(20-21-22-23)26-10-14(24)19-15(25)18-12-6-2-1-3-7-12/h4-5,8-9,12H,1-3,6-7,10H2,(H2,18,19,24,25). The molecule has 2 N–H and O–H groups in total. The SMILES string of the molecule is O=C(CSc1nnnn1-c1cccc(F)c1)NC(=O)NC1CCCCC1. The molecule has 1 aromatic carbocycles. The molecule has 0 atom stereocenters. The zero-order chi connectivity index (χ0) is 18.4. The number of carbonyl (C=O) groups is 2. The highest BCUT2D eigenvalue weighted by Gasteiger charge is 2.18. The average molecular weight is 378 g/mol. The Hall–Kier alpha value is -2.49. The Kier molecular flexibility index (Phi) is 6.16. The van der Waals surface area contributed by atoms with Gasteiger partial charge in [0, 0.05) is 6.04 Å². The van der Waals surface area contributed by atoms with Gasteiger partial charge in [-0.2, -0.15) is 4.68 Å². The topological polar surface area (TPSA) is 102 Å². The van der Waals surface area contributed by atoms with Crippen molar-refractivity contribution in [2.45, 2.75) is 43.3 Å². The van der Waals surface area contributed by atoms with Crippen LogP contribution in [0.2, 0.25) is 0 Å². The fourth-order valence-corrected chi connectivity index (χ4v) is 3.49. The third-order valence-corrected chi connectivity index (χ3v) is 4.94. The maximum absolute atomic E-state index is 13.3. The molecule has 8 nitrogen and oxygen atoms in total. The first-order valence-corrected chi connectivity index (χ1v) is 9.38. The first kappa shape index (κ1) is 18.3. The predicted octanol–water partition coefficient (Wildman–Crippen LogP) is 2.05. The number of carbonyl (C=O) groups excluding carboxylic acids is 2. The molecule has 1 heterocycles. The van der Waals surface area contributed by atoms with E-state index in [0.717, 1.165) is 37.4 Å². The number of tetrazole rings is 1. The number of hydrogen-bond acceptors (Lipinski definition) is 6. The van der Waals surface area contributed by atoms with Gasteiger partial charge < -0.3 is 5.32 Å². The average Bonchev–Trinajstić information content (AvgIpc) is 3.09. The minimum Gasteiger partial charge on any atom is -0.335 e. The number of thioether (sulfide) groups is 1. The van der Waals surface area contributed by atoms with Crippen LogP contribution in [0.4, 0.5) is 9.18 Å². The van der Waals surface area contributed by atoms with E-state index in [9.17, 15) is 14.0 Å². The molecule has 1 aromatic heterocycles. The van der Waals surface area contributed by atoms with E-state index in [1.165, 1.54) is 23.2 Å². The quantitative estimate of drug-likeness (QED) is 0.772. The van der Waals surface area contributed by atoms with Crippen LogP contribution in [0, 0.1) is 5.82 Å². The molecule has 26 heavy (non-hydrogen) atoms. The van der Waals surface area contributed by atoms with E-state index in [1.54, 1.807) is 12.1 Å². The highest BCUT2D eigenvalue weighted by Crippen LogP contribution is 2.19. The molecule has 3 rings (SSSR count). The highest BCUT2D eigenvalue weighted by molar-refractivity contribution is 7.99. The van der Waals surface area contributed by atoms with Crippen LogP contribution in [0.15, 0.2) is 29.4 Å². The molecular formula is C16H19FN6O2S. The summed E-state index contributed by atoms with van der Waals surface area (Å²) in [7, 11) is 0. The number of rotatable bonds is 5. The Labute approximate surface area is 153 Å². The molecule has 3 amide bonds. The second-order valence-electron chi connectivity index (χ2n) is 6.00. The van der Waals surface area contributed by atoms with Gasteiger partial charge in [-0.25, -0.2) is 9.18 Å². The van der Waals surface area contributed by atoms with E-state index in [-0.39, 0.29) is 11.8 Å². The van der Waals surface area contributed by atoms with Crippen LogP contribution in [0.25, 0.3) is 5.69 Å². The molecule has 0 saturated heterocycles.